The van der Waals surface area contributed by atoms with Crippen LogP contribution in [0.4, 0.5) is 0 Å². The van der Waals surface area contributed by atoms with Gasteiger partial charge in [0.15, 0.2) is 0 Å². The second-order valence-corrected chi connectivity index (χ2v) is 2.84. The van der Waals surface area contributed by atoms with Crippen LogP contribution in [0.2, 0.25) is 0 Å². The lowest BCUT2D eigenvalue weighted by atomic mass is 10.2. The van der Waals surface area contributed by atoms with Gasteiger partial charge in [0.25, 0.3) is 0 Å². The Kier molecular flexibility index (Phi) is 4.52. The minimum absolute atomic E-state index is 0.0749. The van der Waals surface area contributed by atoms with Crippen LogP contribution in [0.15, 0.2) is 18.2 Å². The number of methoxy groups -OCH3 is 2. The van der Waals surface area contributed by atoms with E-state index in [0.717, 1.165) is 11.3 Å². The van der Waals surface area contributed by atoms with E-state index >= 15 is 0 Å². The largest absolute Gasteiger partial charge is 0.497 e. The third-order valence-corrected chi connectivity index (χ3v) is 1.87. The molecule has 0 unspecified atom stereocenters. The predicted octanol–water partition coefficient (Wildman–Crippen LogP) is 1.44. The van der Waals surface area contributed by atoms with Gasteiger partial charge in [-0.3, -0.25) is 0 Å². The topological polar surface area (TPSA) is 38.7 Å². The van der Waals surface area contributed by atoms with Gasteiger partial charge < -0.3 is 14.6 Å². The summed E-state index contributed by atoms with van der Waals surface area (Å²) in [6.45, 7) is 0.0749. The summed E-state index contributed by atoms with van der Waals surface area (Å²) in [6.07, 6.45) is 0.467. The number of ether oxygens (including phenoxy) is 2. The molecule has 0 fully saturated rings. The number of aliphatic hydroxyl groups excluding tert-OH is 1. The summed E-state index contributed by atoms with van der Waals surface area (Å²) in [5.74, 6) is 7.18. The molecule has 0 spiro atoms. The summed E-state index contributed by atoms with van der Waals surface area (Å²) in [6, 6.07) is 5.44. The normalized spacial score (nSPS) is 9.00. The Morgan fingerprint density at radius 2 is 2.07 bits per heavy atom. The highest BCUT2D eigenvalue weighted by Gasteiger charge is 2.01. The summed E-state index contributed by atoms with van der Waals surface area (Å²) in [5.41, 5.74) is 0.798. The van der Waals surface area contributed by atoms with Gasteiger partial charge in [-0.05, 0) is 12.1 Å². The van der Waals surface area contributed by atoms with Gasteiger partial charge >= 0.3 is 0 Å². The lowest BCUT2D eigenvalue weighted by Crippen LogP contribution is -1.90. The molecular formula is C12H14O3. The Labute approximate surface area is 89.6 Å². The van der Waals surface area contributed by atoms with Gasteiger partial charge in [0.2, 0.25) is 0 Å². The standard InChI is InChI=1S/C12H14O3/c1-14-11-7-6-10(5-3-4-8-13)12(9-11)15-2/h6-7,9,13H,4,8H2,1-2H3. The molecule has 1 N–H and O–H groups in total. The van der Waals surface area contributed by atoms with Crippen molar-refractivity contribution in [3.8, 4) is 23.3 Å². The van der Waals surface area contributed by atoms with Crippen molar-refractivity contribution in [2.24, 2.45) is 0 Å². The average Bonchev–Trinajstić information content (AvgIpc) is 2.29. The fraction of sp³-hybridized carbons (Fsp3) is 0.333. The molecule has 0 radical (unpaired) electrons. The number of rotatable bonds is 3. The van der Waals surface area contributed by atoms with Crippen molar-refractivity contribution < 1.29 is 14.6 Å². The highest BCUT2D eigenvalue weighted by molar-refractivity contribution is 5.49. The summed E-state index contributed by atoms with van der Waals surface area (Å²) in [7, 11) is 3.19. The second kappa shape index (κ2) is 5.94. The van der Waals surface area contributed by atoms with E-state index in [-0.39, 0.29) is 6.61 Å². The summed E-state index contributed by atoms with van der Waals surface area (Å²) in [4.78, 5) is 0. The minimum atomic E-state index is 0.0749. The molecular weight excluding hydrogens is 192 g/mol. The van der Waals surface area contributed by atoms with Crippen LogP contribution in [0.25, 0.3) is 0 Å². The molecule has 0 aromatic heterocycles. The minimum Gasteiger partial charge on any atom is -0.497 e. The van der Waals surface area contributed by atoms with Crippen molar-refractivity contribution in [1.82, 2.24) is 0 Å². The summed E-state index contributed by atoms with van der Waals surface area (Å²) in [5, 5.41) is 8.60. The lowest BCUT2D eigenvalue weighted by molar-refractivity contribution is 0.305. The Morgan fingerprint density at radius 1 is 1.27 bits per heavy atom. The molecule has 0 amide bonds. The van der Waals surface area contributed by atoms with Gasteiger partial charge in [0, 0.05) is 12.5 Å². The van der Waals surface area contributed by atoms with Gasteiger partial charge in [-0.25, -0.2) is 0 Å². The maximum Gasteiger partial charge on any atom is 0.138 e. The van der Waals surface area contributed by atoms with Crippen molar-refractivity contribution in [3.63, 3.8) is 0 Å². The van der Waals surface area contributed by atoms with E-state index in [0.29, 0.717) is 12.2 Å². The van der Waals surface area contributed by atoms with E-state index in [1.54, 1.807) is 20.3 Å². The Balaban J connectivity index is 2.93. The van der Waals surface area contributed by atoms with Crippen LogP contribution in [-0.4, -0.2) is 25.9 Å². The average molecular weight is 206 g/mol. The number of benzene rings is 1. The zero-order valence-corrected chi connectivity index (χ0v) is 8.91. The van der Waals surface area contributed by atoms with Crippen LogP contribution >= 0.6 is 0 Å². The Hall–Kier alpha value is -1.66. The van der Waals surface area contributed by atoms with Crippen molar-refractivity contribution >= 4 is 0 Å². The molecule has 80 valence electrons. The summed E-state index contributed by atoms with van der Waals surface area (Å²) < 4.78 is 10.2. The first-order chi connectivity index (χ1) is 7.31. The first kappa shape index (κ1) is 11.4. The molecule has 3 heteroatoms. The van der Waals surface area contributed by atoms with E-state index in [1.807, 2.05) is 12.1 Å². The van der Waals surface area contributed by atoms with Crippen LogP contribution < -0.4 is 9.47 Å². The zero-order valence-electron chi connectivity index (χ0n) is 8.91. The van der Waals surface area contributed by atoms with Gasteiger partial charge in [-0.15, -0.1) is 0 Å². The molecule has 0 aliphatic rings. The quantitative estimate of drug-likeness (QED) is 0.760. The fourth-order valence-electron chi connectivity index (χ4n) is 1.12. The van der Waals surface area contributed by atoms with Crippen molar-refractivity contribution in [2.45, 2.75) is 6.42 Å². The molecule has 0 saturated heterocycles. The van der Waals surface area contributed by atoms with E-state index < -0.39 is 0 Å². The van der Waals surface area contributed by atoms with Crippen molar-refractivity contribution in [1.29, 1.82) is 0 Å². The third-order valence-electron chi connectivity index (χ3n) is 1.87. The number of hydrogen-bond acceptors (Lipinski definition) is 3. The second-order valence-electron chi connectivity index (χ2n) is 2.84. The SMILES string of the molecule is COc1ccc(C#CCCO)c(OC)c1. The maximum absolute atomic E-state index is 8.60. The molecule has 0 bridgehead atoms. The first-order valence-corrected chi connectivity index (χ1v) is 4.63. The fourth-order valence-corrected chi connectivity index (χ4v) is 1.12. The number of hydrogen-bond donors (Lipinski definition) is 1. The molecule has 0 heterocycles. The van der Waals surface area contributed by atoms with Crippen LogP contribution in [0.1, 0.15) is 12.0 Å². The van der Waals surface area contributed by atoms with Crippen LogP contribution in [0, 0.1) is 11.8 Å². The van der Waals surface area contributed by atoms with E-state index in [2.05, 4.69) is 11.8 Å². The van der Waals surface area contributed by atoms with Crippen molar-refractivity contribution in [2.75, 3.05) is 20.8 Å². The third kappa shape index (κ3) is 3.19. The molecule has 0 atom stereocenters. The smallest absolute Gasteiger partial charge is 0.138 e. The Bertz CT molecular complexity index is 374. The molecule has 3 nitrogen and oxygen atoms in total. The monoisotopic (exact) mass is 206 g/mol. The highest BCUT2D eigenvalue weighted by Crippen LogP contribution is 2.23. The molecule has 0 aliphatic heterocycles. The molecule has 1 aromatic rings. The zero-order chi connectivity index (χ0) is 11.1. The van der Waals surface area contributed by atoms with Gasteiger partial charge in [-0.1, -0.05) is 11.8 Å². The number of aliphatic hydroxyl groups is 1. The molecule has 1 rings (SSSR count). The maximum atomic E-state index is 8.60. The molecule has 1 aromatic carbocycles. The summed E-state index contributed by atoms with van der Waals surface area (Å²) >= 11 is 0. The predicted molar refractivity (Wildman–Crippen MR) is 58.1 cm³/mol. The van der Waals surface area contributed by atoms with Crippen LogP contribution in [0.5, 0.6) is 11.5 Å². The molecule has 0 aliphatic carbocycles. The lowest BCUT2D eigenvalue weighted by Gasteiger charge is -2.05. The molecule has 15 heavy (non-hydrogen) atoms. The van der Waals surface area contributed by atoms with Gasteiger partial charge in [0.05, 0.1) is 26.4 Å². The highest BCUT2D eigenvalue weighted by atomic mass is 16.5. The van der Waals surface area contributed by atoms with E-state index in [4.69, 9.17) is 14.6 Å². The van der Waals surface area contributed by atoms with E-state index in [9.17, 15) is 0 Å². The first-order valence-electron chi connectivity index (χ1n) is 4.63. The van der Waals surface area contributed by atoms with Crippen LogP contribution in [0.3, 0.4) is 0 Å². The van der Waals surface area contributed by atoms with Gasteiger partial charge in [0.1, 0.15) is 11.5 Å². The van der Waals surface area contributed by atoms with Crippen molar-refractivity contribution in [3.05, 3.63) is 23.8 Å². The Morgan fingerprint density at radius 3 is 2.67 bits per heavy atom. The molecule has 0 saturated carbocycles. The van der Waals surface area contributed by atoms with E-state index in [1.165, 1.54) is 0 Å². The van der Waals surface area contributed by atoms with Crippen LogP contribution in [-0.2, 0) is 0 Å². The van der Waals surface area contributed by atoms with Gasteiger partial charge in [-0.2, -0.15) is 0 Å².